The third-order valence-electron chi connectivity index (χ3n) is 3.36. The van der Waals surface area contributed by atoms with Gasteiger partial charge in [-0.05, 0) is 26.0 Å². The lowest BCUT2D eigenvalue weighted by Crippen LogP contribution is -2.16. The summed E-state index contributed by atoms with van der Waals surface area (Å²) in [6.45, 7) is 3.36. The van der Waals surface area contributed by atoms with Crippen LogP contribution >= 0.6 is 0 Å². The summed E-state index contributed by atoms with van der Waals surface area (Å²) in [6.07, 6.45) is 3.21. The molecule has 0 aliphatic carbocycles. The van der Waals surface area contributed by atoms with E-state index in [1.165, 1.54) is 4.40 Å². The van der Waals surface area contributed by atoms with E-state index >= 15 is 0 Å². The highest BCUT2D eigenvalue weighted by atomic mass is 16.4. The molecule has 0 amide bonds. The number of aromatic amines is 1. The van der Waals surface area contributed by atoms with Gasteiger partial charge in [0.1, 0.15) is 5.52 Å². The molecule has 21 heavy (non-hydrogen) atoms. The molecule has 0 aliphatic heterocycles. The first-order valence-electron chi connectivity index (χ1n) is 6.26. The summed E-state index contributed by atoms with van der Waals surface area (Å²) in [5, 5.41) is 9.27. The normalized spacial score (nSPS) is 11.0. The van der Waals surface area contributed by atoms with E-state index in [4.69, 9.17) is 0 Å². The third-order valence-corrected chi connectivity index (χ3v) is 3.36. The Morgan fingerprint density at radius 3 is 2.57 bits per heavy atom. The van der Waals surface area contributed by atoms with Crippen molar-refractivity contribution >= 4 is 11.5 Å². The molecular weight excluding hydrogens is 272 g/mol. The number of nitrogens with zero attached hydrogens (tertiary/aromatic N) is 3. The van der Waals surface area contributed by atoms with Crippen LogP contribution in [0.5, 0.6) is 0 Å². The molecule has 0 spiro atoms. The molecule has 0 atom stereocenters. The number of aromatic nitrogens is 4. The number of H-pyrrole nitrogens is 1. The number of hydrogen-bond acceptors (Lipinski definition) is 4. The number of aromatic carboxylic acids is 1. The first-order chi connectivity index (χ1) is 10.0. The van der Waals surface area contributed by atoms with E-state index < -0.39 is 5.97 Å². The van der Waals surface area contributed by atoms with Crippen LogP contribution in [0.1, 0.15) is 22.0 Å². The molecule has 0 unspecified atom stereocenters. The molecule has 2 N–H and O–H groups in total. The van der Waals surface area contributed by atoms with Crippen LogP contribution < -0.4 is 5.56 Å². The Labute approximate surface area is 118 Å². The molecule has 3 aromatic heterocycles. The molecule has 0 fully saturated rings. The number of carbonyl (C=O) groups is 1. The van der Waals surface area contributed by atoms with E-state index in [9.17, 15) is 14.7 Å². The summed E-state index contributed by atoms with van der Waals surface area (Å²) < 4.78 is 1.38. The molecular formula is C14H12N4O3. The quantitative estimate of drug-likeness (QED) is 0.740. The van der Waals surface area contributed by atoms with Crippen molar-refractivity contribution in [2.24, 2.45) is 0 Å². The molecule has 0 bridgehead atoms. The average molecular weight is 284 g/mol. The molecule has 0 saturated heterocycles. The highest BCUT2D eigenvalue weighted by molar-refractivity contribution is 5.86. The van der Waals surface area contributed by atoms with Gasteiger partial charge in [0.15, 0.2) is 0 Å². The van der Waals surface area contributed by atoms with Crippen molar-refractivity contribution in [3.63, 3.8) is 0 Å². The first kappa shape index (κ1) is 13.0. The van der Waals surface area contributed by atoms with Gasteiger partial charge in [-0.2, -0.15) is 0 Å². The molecule has 3 rings (SSSR count). The predicted molar refractivity (Wildman–Crippen MR) is 75.5 cm³/mol. The van der Waals surface area contributed by atoms with Crippen LogP contribution in [0.3, 0.4) is 0 Å². The van der Waals surface area contributed by atoms with Gasteiger partial charge in [-0.3, -0.25) is 14.2 Å². The summed E-state index contributed by atoms with van der Waals surface area (Å²) in [6, 6.07) is 3.49. The minimum absolute atomic E-state index is 0.165. The molecule has 0 radical (unpaired) electrons. The SMILES string of the molecule is Cc1nc(C(=O)O)n2c(C)c(-c3ccncc3)[nH]c(=O)c12. The summed E-state index contributed by atoms with van der Waals surface area (Å²) >= 11 is 0. The fourth-order valence-corrected chi connectivity index (χ4v) is 2.44. The Bertz CT molecular complexity index is 909. The van der Waals surface area contributed by atoms with Gasteiger partial charge in [-0.1, -0.05) is 0 Å². The van der Waals surface area contributed by atoms with Crippen molar-refractivity contribution in [1.82, 2.24) is 19.4 Å². The summed E-state index contributed by atoms with van der Waals surface area (Å²) in [7, 11) is 0. The lowest BCUT2D eigenvalue weighted by atomic mass is 10.1. The lowest BCUT2D eigenvalue weighted by molar-refractivity contribution is 0.0682. The van der Waals surface area contributed by atoms with Gasteiger partial charge < -0.3 is 10.1 Å². The number of rotatable bonds is 2. The van der Waals surface area contributed by atoms with Crippen molar-refractivity contribution in [3.8, 4) is 11.3 Å². The molecule has 106 valence electrons. The Morgan fingerprint density at radius 1 is 1.29 bits per heavy atom. The second-order valence-corrected chi connectivity index (χ2v) is 4.66. The summed E-state index contributed by atoms with van der Waals surface area (Å²) in [4.78, 5) is 34.3. The van der Waals surface area contributed by atoms with Gasteiger partial charge >= 0.3 is 5.97 Å². The molecule has 7 nitrogen and oxygen atoms in total. The van der Waals surface area contributed by atoms with Gasteiger partial charge in [0, 0.05) is 23.7 Å². The zero-order valence-electron chi connectivity index (χ0n) is 11.4. The molecule has 3 heterocycles. The Kier molecular flexibility index (Phi) is 2.83. The Balaban J connectivity index is 2.46. The lowest BCUT2D eigenvalue weighted by Gasteiger charge is -2.09. The molecule has 7 heteroatoms. The molecule has 0 aliphatic rings. The zero-order valence-corrected chi connectivity index (χ0v) is 11.4. The van der Waals surface area contributed by atoms with Crippen molar-refractivity contribution in [1.29, 1.82) is 0 Å². The molecule has 0 aromatic carbocycles. The maximum atomic E-state index is 12.3. The number of hydrogen-bond donors (Lipinski definition) is 2. The van der Waals surface area contributed by atoms with Gasteiger partial charge in [-0.15, -0.1) is 0 Å². The van der Waals surface area contributed by atoms with E-state index in [2.05, 4.69) is 15.0 Å². The fourth-order valence-electron chi connectivity index (χ4n) is 2.44. The first-order valence-corrected chi connectivity index (χ1v) is 6.26. The Hall–Kier alpha value is -2.96. The third kappa shape index (κ3) is 1.90. The van der Waals surface area contributed by atoms with Crippen LogP contribution in [0, 0.1) is 13.8 Å². The van der Waals surface area contributed by atoms with Gasteiger partial charge in [0.05, 0.1) is 11.4 Å². The maximum Gasteiger partial charge on any atom is 0.372 e. The Morgan fingerprint density at radius 2 is 1.95 bits per heavy atom. The van der Waals surface area contributed by atoms with Crippen molar-refractivity contribution in [2.75, 3.05) is 0 Å². The van der Waals surface area contributed by atoms with Crippen molar-refractivity contribution in [3.05, 3.63) is 52.1 Å². The van der Waals surface area contributed by atoms with Crippen LogP contribution in [0.25, 0.3) is 16.8 Å². The number of carboxylic acids is 1. The smallest absolute Gasteiger partial charge is 0.372 e. The molecule has 0 saturated carbocycles. The fraction of sp³-hybridized carbons (Fsp3) is 0.143. The standard InChI is InChI=1S/C14H12N4O3/c1-7-11-13(19)17-10(9-3-5-15-6-4-9)8(2)18(11)12(16-7)14(20)21/h3-6H,1-2H3,(H,17,19)(H,20,21). The largest absolute Gasteiger partial charge is 0.475 e. The minimum atomic E-state index is -1.17. The minimum Gasteiger partial charge on any atom is -0.475 e. The second kappa shape index (κ2) is 4.55. The monoisotopic (exact) mass is 284 g/mol. The van der Waals surface area contributed by atoms with E-state index in [-0.39, 0.29) is 16.9 Å². The van der Waals surface area contributed by atoms with Crippen LogP contribution in [0.4, 0.5) is 0 Å². The second-order valence-electron chi connectivity index (χ2n) is 4.66. The van der Waals surface area contributed by atoms with Crippen molar-refractivity contribution in [2.45, 2.75) is 13.8 Å². The van der Waals surface area contributed by atoms with E-state index in [0.717, 1.165) is 5.56 Å². The number of fused-ring (bicyclic) bond motifs is 1. The number of carboxylic acid groups (broad SMARTS) is 1. The highest BCUT2D eigenvalue weighted by Crippen LogP contribution is 2.21. The summed E-state index contributed by atoms with van der Waals surface area (Å²) in [5.41, 5.74) is 2.18. The van der Waals surface area contributed by atoms with E-state index in [1.54, 1.807) is 38.4 Å². The van der Waals surface area contributed by atoms with Crippen LogP contribution in [-0.4, -0.2) is 30.4 Å². The zero-order chi connectivity index (χ0) is 15.1. The van der Waals surface area contributed by atoms with Crippen LogP contribution in [-0.2, 0) is 0 Å². The van der Waals surface area contributed by atoms with Gasteiger partial charge in [-0.25, -0.2) is 9.78 Å². The number of pyridine rings is 1. The maximum absolute atomic E-state index is 12.3. The molecule has 3 aromatic rings. The number of imidazole rings is 1. The number of nitrogens with one attached hydrogen (secondary N) is 1. The predicted octanol–water partition coefficient (Wildman–Crippen LogP) is 1.40. The summed E-state index contributed by atoms with van der Waals surface area (Å²) in [5.74, 6) is -1.34. The highest BCUT2D eigenvalue weighted by Gasteiger charge is 2.20. The van der Waals surface area contributed by atoms with Crippen molar-refractivity contribution < 1.29 is 9.90 Å². The van der Waals surface area contributed by atoms with Gasteiger partial charge in [0.2, 0.25) is 5.82 Å². The topological polar surface area (TPSA) is 100 Å². The average Bonchev–Trinajstić information content (AvgIpc) is 2.82. The number of aryl methyl sites for hydroxylation is 2. The van der Waals surface area contributed by atoms with Crippen LogP contribution in [0.15, 0.2) is 29.3 Å². The van der Waals surface area contributed by atoms with E-state index in [1.807, 2.05) is 0 Å². The van der Waals surface area contributed by atoms with Crippen LogP contribution in [0.2, 0.25) is 0 Å². The van der Waals surface area contributed by atoms with E-state index in [0.29, 0.717) is 17.1 Å². The van der Waals surface area contributed by atoms with Gasteiger partial charge in [0.25, 0.3) is 5.56 Å².